The van der Waals surface area contributed by atoms with Gasteiger partial charge in [0.15, 0.2) is 6.61 Å². The molecule has 0 bridgehead atoms. The summed E-state index contributed by atoms with van der Waals surface area (Å²) in [6, 6.07) is 12.8. The van der Waals surface area contributed by atoms with Crippen LogP contribution < -0.4 is 10.1 Å². The Bertz CT molecular complexity index is 906. The first-order valence-electron chi connectivity index (χ1n) is 10.0. The maximum atomic E-state index is 13.1. The van der Waals surface area contributed by atoms with Crippen LogP contribution >= 0.6 is 15.9 Å². The van der Waals surface area contributed by atoms with Crippen LogP contribution in [-0.4, -0.2) is 34.9 Å². The molecule has 0 radical (unpaired) electrons. The van der Waals surface area contributed by atoms with E-state index in [1.54, 1.807) is 11.8 Å². The van der Waals surface area contributed by atoms with E-state index in [4.69, 9.17) is 4.74 Å². The number of carbonyl (C=O) groups excluding carboxylic acids is 2. The monoisotopic (exact) mass is 474 g/mol. The van der Waals surface area contributed by atoms with E-state index in [-0.39, 0.29) is 24.0 Å². The number of carbonyl (C=O) groups is 2. The van der Waals surface area contributed by atoms with Gasteiger partial charge >= 0.3 is 0 Å². The third kappa shape index (κ3) is 6.87. The predicted octanol–water partition coefficient (Wildman–Crippen LogP) is 4.78. The van der Waals surface area contributed by atoms with Gasteiger partial charge in [0.05, 0.1) is 0 Å². The Morgan fingerprint density at radius 2 is 1.77 bits per heavy atom. The zero-order valence-electron chi connectivity index (χ0n) is 18.6. The lowest BCUT2D eigenvalue weighted by molar-refractivity contribution is -0.142. The van der Waals surface area contributed by atoms with Gasteiger partial charge in [0, 0.05) is 16.6 Å². The molecule has 0 fully saturated rings. The minimum absolute atomic E-state index is 0.139. The number of aryl methyl sites for hydroxylation is 2. The molecule has 1 atom stereocenters. The van der Waals surface area contributed by atoms with E-state index in [0.29, 0.717) is 12.3 Å². The zero-order chi connectivity index (χ0) is 22.5. The van der Waals surface area contributed by atoms with E-state index in [0.717, 1.165) is 21.2 Å². The van der Waals surface area contributed by atoms with Gasteiger partial charge in [-0.15, -0.1) is 0 Å². The van der Waals surface area contributed by atoms with Crippen LogP contribution in [0.3, 0.4) is 0 Å². The van der Waals surface area contributed by atoms with Crippen molar-refractivity contribution in [3.63, 3.8) is 0 Å². The van der Waals surface area contributed by atoms with E-state index in [2.05, 4.69) is 21.2 Å². The molecule has 0 saturated heterocycles. The van der Waals surface area contributed by atoms with Gasteiger partial charge in [0.1, 0.15) is 11.8 Å². The van der Waals surface area contributed by atoms with Gasteiger partial charge in [0.2, 0.25) is 5.91 Å². The summed E-state index contributed by atoms with van der Waals surface area (Å²) < 4.78 is 6.72. The number of nitrogens with one attached hydrogen (secondary N) is 1. The van der Waals surface area contributed by atoms with Crippen molar-refractivity contribution in [1.82, 2.24) is 10.2 Å². The predicted molar refractivity (Wildman–Crippen MR) is 123 cm³/mol. The summed E-state index contributed by atoms with van der Waals surface area (Å²) in [5.41, 5.74) is 2.72. The van der Waals surface area contributed by atoms with Crippen LogP contribution in [0.4, 0.5) is 0 Å². The fourth-order valence-electron chi connectivity index (χ4n) is 2.96. The lowest BCUT2D eigenvalue weighted by Gasteiger charge is -2.31. The number of ether oxygens (including phenoxy) is 1. The largest absolute Gasteiger partial charge is 0.484 e. The summed E-state index contributed by atoms with van der Waals surface area (Å²) in [6.07, 6.45) is 0. The molecule has 162 valence electrons. The summed E-state index contributed by atoms with van der Waals surface area (Å²) in [5, 5.41) is 2.96. The van der Waals surface area contributed by atoms with Crippen LogP contribution in [-0.2, 0) is 16.1 Å². The maximum absolute atomic E-state index is 13.1. The van der Waals surface area contributed by atoms with E-state index in [1.807, 2.05) is 77.1 Å². The topological polar surface area (TPSA) is 58.6 Å². The number of nitrogens with zero attached hydrogens (tertiary/aromatic N) is 1. The van der Waals surface area contributed by atoms with Crippen molar-refractivity contribution >= 4 is 27.7 Å². The number of benzene rings is 2. The van der Waals surface area contributed by atoms with Crippen molar-refractivity contribution in [2.24, 2.45) is 0 Å². The Labute approximate surface area is 187 Å². The van der Waals surface area contributed by atoms with Crippen molar-refractivity contribution < 1.29 is 14.3 Å². The van der Waals surface area contributed by atoms with Crippen LogP contribution in [0, 0.1) is 13.8 Å². The van der Waals surface area contributed by atoms with Gasteiger partial charge in [-0.2, -0.15) is 0 Å². The Balaban J connectivity index is 2.20. The van der Waals surface area contributed by atoms with Gasteiger partial charge in [0.25, 0.3) is 5.91 Å². The molecule has 0 aliphatic rings. The maximum Gasteiger partial charge on any atom is 0.261 e. The molecule has 0 spiro atoms. The van der Waals surface area contributed by atoms with Crippen LogP contribution in [0.5, 0.6) is 5.75 Å². The second-order valence-corrected chi connectivity index (χ2v) is 9.42. The Morgan fingerprint density at radius 3 is 2.37 bits per heavy atom. The molecule has 6 heteroatoms. The molecule has 2 aromatic carbocycles. The minimum Gasteiger partial charge on any atom is -0.484 e. The molecule has 0 aliphatic carbocycles. The van der Waals surface area contributed by atoms with Crippen molar-refractivity contribution in [3.8, 4) is 5.75 Å². The van der Waals surface area contributed by atoms with E-state index in [1.165, 1.54) is 0 Å². The molecule has 5 nitrogen and oxygen atoms in total. The molecule has 1 N–H and O–H groups in total. The van der Waals surface area contributed by atoms with E-state index in [9.17, 15) is 9.59 Å². The smallest absolute Gasteiger partial charge is 0.261 e. The number of hydrogen-bond donors (Lipinski definition) is 1. The molecular formula is C24H31BrN2O3. The van der Waals surface area contributed by atoms with Gasteiger partial charge in [-0.1, -0.05) is 40.2 Å². The SMILES string of the molecule is Cc1cc(OCC(=O)N(Cc2ccccc2C)[C@H](C)C(=O)NC(C)(C)C)ccc1Br. The van der Waals surface area contributed by atoms with E-state index < -0.39 is 6.04 Å². The molecule has 2 rings (SSSR count). The summed E-state index contributed by atoms with van der Waals surface area (Å²) in [7, 11) is 0. The first-order valence-corrected chi connectivity index (χ1v) is 10.8. The Morgan fingerprint density at radius 1 is 1.10 bits per heavy atom. The standard InChI is InChI=1S/C24H31BrN2O3/c1-16-9-7-8-10-19(16)14-27(18(3)23(29)26-24(4,5)6)22(28)15-30-20-11-12-21(25)17(2)13-20/h7-13,18H,14-15H2,1-6H3,(H,26,29)/t18-/m1/s1. The lowest BCUT2D eigenvalue weighted by atomic mass is 10.1. The van der Waals surface area contributed by atoms with Crippen LogP contribution in [0.15, 0.2) is 46.9 Å². The first kappa shape index (κ1) is 23.9. The van der Waals surface area contributed by atoms with Crippen molar-refractivity contribution in [3.05, 3.63) is 63.6 Å². The summed E-state index contributed by atoms with van der Waals surface area (Å²) in [5.74, 6) is 0.186. The van der Waals surface area contributed by atoms with Crippen molar-refractivity contribution in [2.45, 2.75) is 59.7 Å². The van der Waals surface area contributed by atoms with Crippen molar-refractivity contribution in [2.75, 3.05) is 6.61 Å². The highest BCUT2D eigenvalue weighted by Crippen LogP contribution is 2.22. The Kier molecular flexibility index (Phi) is 8.07. The second kappa shape index (κ2) is 10.1. The highest BCUT2D eigenvalue weighted by atomic mass is 79.9. The highest BCUT2D eigenvalue weighted by Gasteiger charge is 2.29. The van der Waals surface area contributed by atoms with Gasteiger partial charge in [-0.3, -0.25) is 9.59 Å². The van der Waals surface area contributed by atoms with Gasteiger partial charge < -0.3 is 15.0 Å². The third-order valence-electron chi connectivity index (χ3n) is 4.76. The van der Waals surface area contributed by atoms with Gasteiger partial charge in [-0.05, 0) is 76.4 Å². The summed E-state index contributed by atoms with van der Waals surface area (Å²) in [4.78, 5) is 27.5. The number of hydrogen-bond acceptors (Lipinski definition) is 3. The molecule has 0 aliphatic heterocycles. The molecule has 0 aromatic heterocycles. The first-order chi connectivity index (χ1) is 14.0. The van der Waals surface area contributed by atoms with Crippen molar-refractivity contribution in [1.29, 1.82) is 0 Å². The average molecular weight is 475 g/mol. The molecular weight excluding hydrogens is 444 g/mol. The van der Waals surface area contributed by atoms with Crippen LogP contribution in [0.25, 0.3) is 0 Å². The minimum atomic E-state index is -0.633. The quantitative estimate of drug-likeness (QED) is 0.628. The Hall–Kier alpha value is -2.34. The normalized spacial score (nSPS) is 12.2. The lowest BCUT2D eigenvalue weighted by Crippen LogP contribution is -2.53. The summed E-state index contributed by atoms with van der Waals surface area (Å²) >= 11 is 3.46. The zero-order valence-corrected chi connectivity index (χ0v) is 20.2. The molecule has 0 saturated carbocycles. The van der Waals surface area contributed by atoms with Crippen LogP contribution in [0.1, 0.15) is 44.4 Å². The molecule has 2 aromatic rings. The molecule has 0 heterocycles. The number of halogens is 1. The third-order valence-corrected chi connectivity index (χ3v) is 5.65. The number of rotatable bonds is 7. The molecule has 30 heavy (non-hydrogen) atoms. The molecule has 2 amide bonds. The fraction of sp³-hybridized carbons (Fsp3) is 0.417. The van der Waals surface area contributed by atoms with E-state index >= 15 is 0 Å². The second-order valence-electron chi connectivity index (χ2n) is 8.56. The summed E-state index contributed by atoms with van der Waals surface area (Å²) in [6.45, 7) is 11.7. The van der Waals surface area contributed by atoms with Crippen LogP contribution in [0.2, 0.25) is 0 Å². The number of amides is 2. The fourth-order valence-corrected chi connectivity index (χ4v) is 3.21. The van der Waals surface area contributed by atoms with Gasteiger partial charge in [-0.25, -0.2) is 0 Å². The average Bonchev–Trinajstić information content (AvgIpc) is 2.66. The highest BCUT2D eigenvalue weighted by molar-refractivity contribution is 9.10. The molecule has 0 unspecified atom stereocenters.